The SMILES string of the molecule is O=C(Nc1ccc2c(c1)CCC2)C1CC(=O)N(c2ccccc2F)C1. The summed E-state index contributed by atoms with van der Waals surface area (Å²) >= 11 is 0. The summed E-state index contributed by atoms with van der Waals surface area (Å²) in [5, 5.41) is 2.91. The summed E-state index contributed by atoms with van der Waals surface area (Å²) in [7, 11) is 0. The molecule has 2 amide bonds. The van der Waals surface area contributed by atoms with Gasteiger partial charge in [-0.05, 0) is 54.7 Å². The predicted octanol–water partition coefficient (Wildman–Crippen LogP) is 3.31. The average molecular weight is 338 g/mol. The van der Waals surface area contributed by atoms with E-state index >= 15 is 0 Å². The molecule has 5 heteroatoms. The van der Waals surface area contributed by atoms with Gasteiger partial charge in [-0.25, -0.2) is 4.39 Å². The first-order valence-corrected chi connectivity index (χ1v) is 8.59. The summed E-state index contributed by atoms with van der Waals surface area (Å²) in [5.74, 6) is -1.33. The van der Waals surface area contributed by atoms with E-state index in [-0.39, 0.29) is 30.5 Å². The number of para-hydroxylation sites is 1. The molecular formula is C20H19FN2O2. The second kappa shape index (κ2) is 6.31. The van der Waals surface area contributed by atoms with Crippen LogP contribution in [-0.2, 0) is 22.4 Å². The Morgan fingerprint density at radius 1 is 1.12 bits per heavy atom. The van der Waals surface area contributed by atoms with Crippen LogP contribution in [0.3, 0.4) is 0 Å². The molecule has 2 aromatic carbocycles. The lowest BCUT2D eigenvalue weighted by Gasteiger charge is -2.17. The Morgan fingerprint density at radius 2 is 1.92 bits per heavy atom. The Labute approximate surface area is 145 Å². The van der Waals surface area contributed by atoms with Crippen LogP contribution in [0.5, 0.6) is 0 Å². The van der Waals surface area contributed by atoms with Crippen LogP contribution in [0.2, 0.25) is 0 Å². The quantitative estimate of drug-likeness (QED) is 0.933. The van der Waals surface area contributed by atoms with Crippen molar-refractivity contribution in [2.75, 3.05) is 16.8 Å². The predicted molar refractivity (Wildman–Crippen MR) is 94.0 cm³/mol. The third-order valence-corrected chi connectivity index (χ3v) is 5.01. The van der Waals surface area contributed by atoms with Crippen molar-refractivity contribution >= 4 is 23.2 Å². The molecule has 2 aromatic rings. The second-order valence-electron chi connectivity index (χ2n) is 6.68. The van der Waals surface area contributed by atoms with E-state index in [1.807, 2.05) is 12.1 Å². The van der Waals surface area contributed by atoms with Gasteiger partial charge in [-0.1, -0.05) is 18.2 Å². The highest BCUT2D eigenvalue weighted by Crippen LogP contribution is 2.29. The van der Waals surface area contributed by atoms with E-state index < -0.39 is 11.7 Å². The zero-order valence-corrected chi connectivity index (χ0v) is 13.8. The summed E-state index contributed by atoms with van der Waals surface area (Å²) in [5.41, 5.74) is 3.64. The van der Waals surface area contributed by atoms with Crippen LogP contribution in [-0.4, -0.2) is 18.4 Å². The minimum atomic E-state index is -0.472. The van der Waals surface area contributed by atoms with Gasteiger partial charge in [0.25, 0.3) is 0 Å². The van der Waals surface area contributed by atoms with Crippen molar-refractivity contribution in [3.63, 3.8) is 0 Å². The molecule has 1 aliphatic carbocycles. The molecule has 4 nitrogen and oxygen atoms in total. The van der Waals surface area contributed by atoms with E-state index in [0.29, 0.717) is 0 Å². The maximum Gasteiger partial charge on any atom is 0.229 e. The van der Waals surface area contributed by atoms with Crippen molar-refractivity contribution in [2.45, 2.75) is 25.7 Å². The number of anilines is 2. The second-order valence-corrected chi connectivity index (χ2v) is 6.68. The lowest BCUT2D eigenvalue weighted by atomic mass is 10.1. The summed E-state index contributed by atoms with van der Waals surface area (Å²) in [6.45, 7) is 0.205. The number of carbonyl (C=O) groups excluding carboxylic acids is 2. The molecular weight excluding hydrogens is 319 g/mol. The lowest BCUT2D eigenvalue weighted by Crippen LogP contribution is -2.28. The van der Waals surface area contributed by atoms with Crippen LogP contribution in [0, 0.1) is 11.7 Å². The number of fused-ring (bicyclic) bond motifs is 1. The van der Waals surface area contributed by atoms with Crippen molar-refractivity contribution < 1.29 is 14.0 Å². The Balaban J connectivity index is 1.47. The highest BCUT2D eigenvalue weighted by molar-refractivity contribution is 6.03. The van der Waals surface area contributed by atoms with Crippen LogP contribution in [0.25, 0.3) is 0 Å². The fourth-order valence-corrected chi connectivity index (χ4v) is 3.68. The first-order valence-electron chi connectivity index (χ1n) is 8.59. The highest BCUT2D eigenvalue weighted by Gasteiger charge is 2.36. The number of carbonyl (C=O) groups is 2. The average Bonchev–Trinajstić information content (AvgIpc) is 3.21. The molecule has 0 bridgehead atoms. The molecule has 1 atom stereocenters. The largest absolute Gasteiger partial charge is 0.326 e. The highest BCUT2D eigenvalue weighted by atomic mass is 19.1. The van der Waals surface area contributed by atoms with Crippen LogP contribution in [0.4, 0.5) is 15.8 Å². The van der Waals surface area contributed by atoms with E-state index in [1.54, 1.807) is 18.2 Å². The Kier molecular flexibility index (Phi) is 3.99. The Morgan fingerprint density at radius 3 is 2.76 bits per heavy atom. The van der Waals surface area contributed by atoms with Gasteiger partial charge in [0.2, 0.25) is 11.8 Å². The first kappa shape index (κ1) is 15.8. The maximum atomic E-state index is 13.9. The minimum absolute atomic E-state index is 0.102. The van der Waals surface area contributed by atoms with Gasteiger partial charge in [0, 0.05) is 18.7 Å². The molecule has 0 spiro atoms. The summed E-state index contributed by atoms with van der Waals surface area (Å²) in [6.07, 6.45) is 3.40. The van der Waals surface area contributed by atoms with Gasteiger partial charge < -0.3 is 10.2 Å². The molecule has 0 aromatic heterocycles. The number of benzene rings is 2. The van der Waals surface area contributed by atoms with E-state index in [0.717, 1.165) is 24.9 Å². The molecule has 0 radical (unpaired) electrons. The maximum absolute atomic E-state index is 13.9. The standard InChI is InChI=1S/C20H19FN2O2/c21-17-6-1-2-7-18(17)23-12-15(11-19(23)24)20(25)22-16-9-8-13-4-3-5-14(13)10-16/h1-2,6-10,15H,3-5,11-12H2,(H,22,25). The van der Waals surface area contributed by atoms with Gasteiger partial charge in [-0.3, -0.25) is 9.59 Å². The van der Waals surface area contributed by atoms with Crippen molar-refractivity contribution in [2.24, 2.45) is 5.92 Å². The van der Waals surface area contributed by atoms with Crippen molar-refractivity contribution in [3.05, 3.63) is 59.4 Å². The number of rotatable bonds is 3. The van der Waals surface area contributed by atoms with Crippen molar-refractivity contribution in [1.29, 1.82) is 0 Å². The Bertz CT molecular complexity index is 849. The van der Waals surface area contributed by atoms with E-state index in [9.17, 15) is 14.0 Å². The zero-order chi connectivity index (χ0) is 17.4. The van der Waals surface area contributed by atoms with Gasteiger partial charge in [0.1, 0.15) is 5.82 Å². The van der Waals surface area contributed by atoms with Gasteiger partial charge >= 0.3 is 0 Å². The minimum Gasteiger partial charge on any atom is -0.326 e. The van der Waals surface area contributed by atoms with Crippen LogP contribution in [0.1, 0.15) is 24.0 Å². The smallest absolute Gasteiger partial charge is 0.229 e. The molecule has 2 aliphatic rings. The molecule has 25 heavy (non-hydrogen) atoms. The van der Waals surface area contributed by atoms with Gasteiger partial charge in [-0.15, -0.1) is 0 Å². The van der Waals surface area contributed by atoms with Gasteiger partial charge in [0.05, 0.1) is 11.6 Å². The third-order valence-electron chi connectivity index (χ3n) is 5.01. The zero-order valence-electron chi connectivity index (χ0n) is 13.8. The number of nitrogens with one attached hydrogen (secondary N) is 1. The van der Waals surface area contributed by atoms with Crippen LogP contribution < -0.4 is 10.2 Å². The molecule has 4 rings (SSSR count). The third kappa shape index (κ3) is 3.02. The molecule has 1 heterocycles. The monoisotopic (exact) mass is 338 g/mol. The number of amides is 2. The molecule has 1 saturated heterocycles. The lowest BCUT2D eigenvalue weighted by molar-refractivity contribution is -0.122. The number of hydrogen-bond acceptors (Lipinski definition) is 2. The fourth-order valence-electron chi connectivity index (χ4n) is 3.68. The van der Waals surface area contributed by atoms with Crippen LogP contribution >= 0.6 is 0 Å². The van der Waals surface area contributed by atoms with E-state index in [1.165, 1.54) is 22.1 Å². The van der Waals surface area contributed by atoms with Gasteiger partial charge in [-0.2, -0.15) is 0 Å². The number of hydrogen-bond donors (Lipinski definition) is 1. The summed E-state index contributed by atoms with van der Waals surface area (Å²) in [6, 6.07) is 12.1. The van der Waals surface area contributed by atoms with Gasteiger partial charge in [0.15, 0.2) is 0 Å². The number of nitrogens with zero attached hydrogens (tertiary/aromatic N) is 1. The van der Waals surface area contributed by atoms with E-state index in [2.05, 4.69) is 11.4 Å². The number of halogens is 1. The van der Waals surface area contributed by atoms with Crippen molar-refractivity contribution in [3.8, 4) is 0 Å². The van der Waals surface area contributed by atoms with E-state index in [4.69, 9.17) is 0 Å². The molecule has 1 fully saturated rings. The molecule has 0 saturated carbocycles. The first-order chi connectivity index (χ1) is 12.1. The Hall–Kier alpha value is -2.69. The molecule has 1 aliphatic heterocycles. The molecule has 1 unspecified atom stereocenters. The molecule has 1 N–H and O–H groups in total. The fraction of sp³-hybridized carbons (Fsp3) is 0.300. The van der Waals surface area contributed by atoms with Crippen LogP contribution in [0.15, 0.2) is 42.5 Å². The number of aryl methyl sites for hydroxylation is 2. The summed E-state index contributed by atoms with van der Waals surface area (Å²) in [4.78, 5) is 26.1. The topological polar surface area (TPSA) is 49.4 Å². The summed E-state index contributed by atoms with van der Waals surface area (Å²) < 4.78 is 13.9. The van der Waals surface area contributed by atoms with Crippen molar-refractivity contribution in [1.82, 2.24) is 0 Å². The normalized spacial score (nSPS) is 19.2. The molecule has 128 valence electrons.